The molecule has 0 spiro atoms. The van der Waals surface area contributed by atoms with Crippen LogP contribution in [0.4, 0.5) is 0 Å². The molecule has 1 fully saturated rings. The lowest BCUT2D eigenvalue weighted by molar-refractivity contribution is -0.140. The van der Waals surface area contributed by atoms with E-state index in [0.29, 0.717) is 17.9 Å². The Morgan fingerprint density at radius 3 is 2.14 bits per heavy atom. The van der Waals surface area contributed by atoms with Crippen LogP contribution in [0.3, 0.4) is 0 Å². The second-order valence-electron chi connectivity index (χ2n) is 5.06. The first-order valence-corrected chi connectivity index (χ1v) is 7.25. The van der Waals surface area contributed by atoms with Crippen molar-refractivity contribution in [2.45, 2.75) is 18.8 Å². The smallest absolute Gasteiger partial charge is 0.315 e. The fourth-order valence-electron chi connectivity index (χ4n) is 2.89. The first-order valence-electron chi connectivity index (χ1n) is 6.49. The van der Waals surface area contributed by atoms with Crippen molar-refractivity contribution in [3.63, 3.8) is 0 Å². The molecule has 21 heavy (non-hydrogen) atoms. The quantitative estimate of drug-likeness (QED) is 0.847. The van der Waals surface area contributed by atoms with Gasteiger partial charge in [-0.25, -0.2) is 0 Å². The van der Waals surface area contributed by atoms with Crippen molar-refractivity contribution in [3.8, 4) is 5.75 Å². The largest absolute Gasteiger partial charge is 0.494 e. The highest BCUT2D eigenvalue weighted by Crippen LogP contribution is 2.73. The number of halogens is 2. The molecule has 112 valence electrons. The predicted octanol–water partition coefficient (Wildman–Crippen LogP) is 4.30. The van der Waals surface area contributed by atoms with Crippen molar-refractivity contribution in [3.05, 3.63) is 53.1 Å². The molecule has 1 aliphatic rings. The van der Waals surface area contributed by atoms with E-state index in [9.17, 15) is 9.90 Å². The summed E-state index contributed by atoms with van der Waals surface area (Å²) in [4.78, 5) is 11.9. The van der Waals surface area contributed by atoms with E-state index in [1.807, 2.05) is 6.92 Å². The van der Waals surface area contributed by atoms with Gasteiger partial charge in [0.15, 0.2) is 0 Å². The van der Waals surface area contributed by atoms with E-state index < -0.39 is 16.8 Å². The molecule has 1 aliphatic carbocycles. The fraction of sp³-hybridized carbons (Fsp3) is 0.312. The number of rotatable bonds is 6. The van der Waals surface area contributed by atoms with Gasteiger partial charge in [0.25, 0.3) is 0 Å². The van der Waals surface area contributed by atoms with Gasteiger partial charge in [0, 0.05) is 10.1 Å². The summed E-state index contributed by atoms with van der Waals surface area (Å²) in [5, 5.41) is 10.1. The van der Waals surface area contributed by atoms with Crippen LogP contribution in [0.1, 0.15) is 18.9 Å². The minimum absolute atomic E-state index is 0.193. The standard InChI is InChI=1S/C16H16Cl2O3/c1-4-21-13-7-5-12(6-8-13)16(14(19)20)9-15(16,10(2)17)11(3)18/h5-8H,2-4,9H2,1H3,(H,19,20). The summed E-state index contributed by atoms with van der Waals surface area (Å²) in [6.45, 7) is 9.81. The molecule has 1 aromatic carbocycles. The van der Waals surface area contributed by atoms with E-state index in [1.54, 1.807) is 24.3 Å². The highest BCUT2D eigenvalue weighted by atomic mass is 35.5. The molecule has 2 rings (SSSR count). The van der Waals surface area contributed by atoms with E-state index >= 15 is 0 Å². The van der Waals surface area contributed by atoms with E-state index in [2.05, 4.69) is 13.2 Å². The average molecular weight is 327 g/mol. The van der Waals surface area contributed by atoms with Gasteiger partial charge >= 0.3 is 5.97 Å². The zero-order chi connectivity index (χ0) is 15.8. The van der Waals surface area contributed by atoms with Crippen LogP contribution in [-0.4, -0.2) is 17.7 Å². The van der Waals surface area contributed by atoms with Gasteiger partial charge in [-0.1, -0.05) is 48.5 Å². The Labute approximate surface area is 133 Å². The van der Waals surface area contributed by atoms with Gasteiger partial charge in [-0.15, -0.1) is 0 Å². The normalized spacial score (nSPS) is 22.4. The minimum atomic E-state index is -1.21. The van der Waals surface area contributed by atoms with Crippen LogP contribution in [0.15, 0.2) is 47.5 Å². The summed E-state index contributed by atoms with van der Waals surface area (Å²) in [5.41, 5.74) is -1.62. The maximum absolute atomic E-state index is 11.9. The van der Waals surface area contributed by atoms with Crippen LogP contribution >= 0.6 is 23.2 Å². The third-order valence-electron chi connectivity index (χ3n) is 4.08. The van der Waals surface area contributed by atoms with Gasteiger partial charge < -0.3 is 9.84 Å². The van der Waals surface area contributed by atoms with E-state index in [4.69, 9.17) is 27.9 Å². The van der Waals surface area contributed by atoms with Gasteiger partial charge in [0.1, 0.15) is 11.2 Å². The monoisotopic (exact) mass is 326 g/mol. The lowest BCUT2D eigenvalue weighted by Gasteiger charge is -2.22. The molecule has 0 aliphatic heterocycles. The highest BCUT2D eigenvalue weighted by Gasteiger charge is 2.75. The van der Waals surface area contributed by atoms with E-state index in [-0.39, 0.29) is 16.5 Å². The van der Waals surface area contributed by atoms with Crippen molar-refractivity contribution in [2.75, 3.05) is 6.61 Å². The van der Waals surface area contributed by atoms with Gasteiger partial charge in [0.05, 0.1) is 12.0 Å². The molecule has 0 bridgehead atoms. The van der Waals surface area contributed by atoms with E-state index in [0.717, 1.165) is 0 Å². The maximum Gasteiger partial charge on any atom is 0.315 e. The molecule has 5 heteroatoms. The Morgan fingerprint density at radius 1 is 1.29 bits per heavy atom. The van der Waals surface area contributed by atoms with Gasteiger partial charge in [-0.05, 0) is 31.0 Å². The summed E-state index contributed by atoms with van der Waals surface area (Å²) in [6.07, 6.45) is 0.258. The summed E-state index contributed by atoms with van der Waals surface area (Å²) >= 11 is 12.1. The lowest BCUT2D eigenvalue weighted by Crippen LogP contribution is -2.28. The first kappa shape index (κ1) is 15.9. The molecule has 1 aromatic rings. The molecule has 0 heterocycles. The Hall–Kier alpha value is -1.45. The minimum Gasteiger partial charge on any atom is -0.494 e. The maximum atomic E-state index is 11.9. The van der Waals surface area contributed by atoms with Gasteiger partial charge in [-0.3, -0.25) is 4.79 Å². The Balaban J connectivity index is 2.49. The number of carbonyl (C=O) groups is 1. The molecular weight excluding hydrogens is 311 g/mol. The summed E-state index contributed by atoms with van der Waals surface area (Å²) in [5.74, 6) is -0.308. The molecule has 1 unspecified atom stereocenters. The highest BCUT2D eigenvalue weighted by molar-refractivity contribution is 6.36. The Bertz CT molecular complexity index is 592. The number of carboxylic acid groups (broad SMARTS) is 1. The summed E-state index contributed by atoms with van der Waals surface area (Å²) in [6, 6.07) is 6.92. The van der Waals surface area contributed by atoms with Crippen LogP contribution < -0.4 is 4.74 Å². The van der Waals surface area contributed by atoms with Crippen LogP contribution in [-0.2, 0) is 10.2 Å². The Morgan fingerprint density at radius 2 is 1.81 bits per heavy atom. The van der Waals surface area contributed by atoms with Crippen molar-refractivity contribution in [1.29, 1.82) is 0 Å². The number of hydrogen-bond donors (Lipinski definition) is 1. The van der Waals surface area contributed by atoms with Gasteiger partial charge in [-0.2, -0.15) is 0 Å². The Kier molecular flexibility index (Phi) is 4.09. The summed E-state index contributed by atoms with van der Waals surface area (Å²) in [7, 11) is 0. The number of carboxylic acids is 1. The first-order chi connectivity index (χ1) is 9.82. The number of aliphatic carboxylic acids is 1. The molecule has 3 nitrogen and oxygen atoms in total. The number of benzene rings is 1. The molecule has 0 radical (unpaired) electrons. The fourth-order valence-corrected chi connectivity index (χ4v) is 3.62. The zero-order valence-corrected chi connectivity index (χ0v) is 13.2. The van der Waals surface area contributed by atoms with Crippen molar-refractivity contribution >= 4 is 29.2 Å². The number of allylic oxidation sites excluding steroid dienone is 2. The number of hydrogen-bond acceptors (Lipinski definition) is 2. The molecule has 1 atom stereocenters. The predicted molar refractivity (Wildman–Crippen MR) is 84.0 cm³/mol. The molecule has 1 saturated carbocycles. The van der Waals surface area contributed by atoms with Crippen LogP contribution in [0, 0.1) is 5.41 Å². The molecule has 1 N–H and O–H groups in total. The second kappa shape index (κ2) is 5.39. The number of ether oxygens (including phenoxy) is 1. The van der Waals surface area contributed by atoms with Crippen molar-refractivity contribution in [2.24, 2.45) is 5.41 Å². The van der Waals surface area contributed by atoms with E-state index in [1.165, 1.54) is 0 Å². The lowest BCUT2D eigenvalue weighted by atomic mass is 9.85. The topological polar surface area (TPSA) is 46.5 Å². The van der Waals surface area contributed by atoms with Crippen LogP contribution in [0.25, 0.3) is 0 Å². The zero-order valence-electron chi connectivity index (χ0n) is 11.7. The third-order valence-corrected chi connectivity index (χ3v) is 4.73. The SMILES string of the molecule is C=C(Cl)C1(C(=C)Cl)CC1(C(=O)O)c1ccc(OCC)cc1. The molecule has 0 saturated heterocycles. The van der Waals surface area contributed by atoms with Crippen LogP contribution in [0.5, 0.6) is 5.75 Å². The molecule has 0 amide bonds. The third kappa shape index (κ3) is 2.16. The van der Waals surface area contributed by atoms with Crippen molar-refractivity contribution in [1.82, 2.24) is 0 Å². The van der Waals surface area contributed by atoms with Crippen LogP contribution in [0.2, 0.25) is 0 Å². The summed E-state index contributed by atoms with van der Waals surface area (Å²) < 4.78 is 5.37. The average Bonchev–Trinajstić information content (AvgIpc) is 3.13. The van der Waals surface area contributed by atoms with Crippen molar-refractivity contribution < 1.29 is 14.6 Å². The van der Waals surface area contributed by atoms with Gasteiger partial charge in [0.2, 0.25) is 0 Å². The molecule has 0 aromatic heterocycles. The molecular formula is C16H16Cl2O3. The second-order valence-corrected chi connectivity index (χ2v) is 5.97.